The fraction of sp³-hybridized carbons (Fsp3) is 0.333. The van der Waals surface area contributed by atoms with E-state index in [0.717, 1.165) is 16.1 Å². The van der Waals surface area contributed by atoms with Crippen molar-refractivity contribution in [3.8, 4) is 0 Å². The number of benzene rings is 2. The molecule has 0 fully saturated rings. The Labute approximate surface area is 200 Å². The van der Waals surface area contributed by atoms with E-state index in [0.29, 0.717) is 16.7 Å². The third-order valence-electron chi connectivity index (χ3n) is 5.50. The molecule has 9 heteroatoms. The van der Waals surface area contributed by atoms with Gasteiger partial charge in [-0.05, 0) is 75.6 Å². The number of hydrogen-bond donors (Lipinski definition) is 0. The molecule has 4 nitrogen and oxygen atoms in total. The van der Waals surface area contributed by atoms with E-state index in [1.807, 2.05) is 6.92 Å². The molecule has 0 spiro atoms. The number of sulfonamides is 1. The lowest BCUT2D eigenvalue weighted by atomic mass is 10.0. The third-order valence-corrected chi connectivity index (χ3v) is 8.36. The maximum atomic E-state index is 14.0. The van der Waals surface area contributed by atoms with Gasteiger partial charge in [0, 0.05) is 11.0 Å². The summed E-state index contributed by atoms with van der Waals surface area (Å²) in [6, 6.07) is 12.7. The topological polar surface area (TPSA) is 50.5 Å². The van der Waals surface area contributed by atoms with E-state index in [1.54, 1.807) is 64.1 Å². The quantitative estimate of drug-likeness (QED) is 0.332. The summed E-state index contributed by atoms with van der Waals surface area (Å²) in [7, 11) is -4.14. The van der Waals surface area contributed by atoms with E-state index in [-0.39, 0.29) is 17.2 Å². The molecule has 2 aromatic carbocycles. The van der Waals surface area contributed by atoms with Gasteiger partial charge in [-0.25, -0.2) is 8.42 Å². The molecule has 0 aliphatic heterocycles. The Balaban J connectivity index is 2.19. The lowest BCUT2D eigenvalue weighted by molar-refractivity contribution is -0.154. The zero-order chi connectivity index (χ0) is 24.8. The number of furan rings is 1. The van der Waals surface area contributed by atoms with Crippen LogP contribution in [-0.2, 0) is 28.3 Å². The summed E-state index contributed by atoms with van der Waals surface area (Å²) in [5, 5.41) is 0. The fourth-order valence-corrected chi connectivity index (χ4v) is 6.39. The fourth-order valence-electron chi connectivity index (χ4n) is 3.96. The Morgan fingerprint density at radius 2 is 1.42 bits per heavy atom. The summed E-state index contributed by atoms with van der Waals surface area (Å²) in [6.45, 7) is 8.33. The van der Waals surface area contributed by atoms with Crippen molar-refractivity contribution in [3.05, 3.63) is 86.8 Å². The first kappa shape index (κ1) is 25.5. The lowest BCUT2D eigenvalue weighted by Crippen LogP contribution is -2.45. The molecule has 0 atom stereocenters. The Bertz CT molecular complexity index is 1240. The van der Waals surface area contributed by atoms with E-state index in [4.69, 9.17) is 4.42 Å². The lowest BCUT2D eigenvalue weighted by Gasteiger charge is -2.37. The second-order valence-electron chi connectivity index (χ2n) is 8.59. The van der Waals surface area contributed by atoms with Gasteiger partial charge in [-0.2, -0.15) is 17.5 Å². The average molecular weight is 544 g/mol. The molecule has 1 aromatic heterocycles. The molecular weight excluding hydrogens is 519 g/mol. The molecule has 0 aliphatic rings. The van der Waals surface area contributed by atoms with E-state index < -0.39 is 27.5 Å². The number of aryl methyl sites for hydroxylation is 3. The average Bonchev–Trinajstić information content (AvgIpc) is 3.17. The largest absolute Gasteiger partial charge is 0.455 e. The highest BCUT2D eigenvalue weighted by atomic mass is 79.9. The van der Waals surface area contributed by atoms with Crippen molar-refractivity contribution in [3.63, 3.8) is 0 Å². The number of rotatable bonds is 6. The Morgan fingerprint density at radius 3 is 1.91 bits per heavy atom. The molecule has 0 N–H and O–H groups in total. The monoisotopic (exact) mass is 543 g/mol. The summed E-state index contributed by atoms with van der Waals surface area (Å²) >= 11 is 3.36. The predicted octanol–water partition coefficient (Wildman–Crippen LogP) is 7.11. The molecule has 3 aromatic rings. The van der Waals surface area contributed by atoms with Crippen LogP contribution >= 0.6 is 15.9 Å². The molecule has 33 heavy (non-hydrogen) atoms. The summed E-state index contributed by atoms with van der Waals surface area (Å²) < 4.78 is 74.8. The van der Waals surface area contributed by atoms with Crippen molar-refractivity contribution in [1.82, 2.24) is 4.31 Å². The van der Waals surface area contributed by atoms with Crippen LogP contribution in [0.1, 0.15) is 47.6 Å². The van der Waals surface area contributed by atoms with Crippen LogP contribution in [0.2, 0.25) is 0 Å². The van der Waals surface area contributed by atoms with Gasteiger partial charge >= 0.3 is 6.18 Å². The van der Waals surface area contributed by atoms with Gasteiger partial charge < -0.3 is 4.42 Å². The summed E-state index contributed by atoms with van der Waals surface area (Å²) in [5.41, 5.74) is 1.32. The van der Waals surface area contributed by atoms with E-state index in [2.05, 4.69) is 15.9 Å². The maximum absolute atomic E-state index is 14.0. The molecule has 0 aliphatic carbocycles. The molecule has 0 saturated heterocycles. The van der Waals surface area contributed by atoms with Gasteiger partial charge in [0.15, 0.2) is 0 Å². The van der Waals surface area contributed by atoms with Crippen LogP contribution in [-0.4, -0.2) is 12.7 Å². The predicted molar refractivity (Wildman–Crippen MR) is 124 cm³/mol. The SMILES string of the molecule is Cc1cc(C)c(S(=O)(=O)N(Cc2ccc(Br)cc2)C(C)(C)c2ccc(C(F)(F)F)o2)c(C)c1. The molecular formula is C24H25BrF3NO3S. The van der Waals surface area contributed by atoms with Crippen LogP contribution in [0.3, 0.4) is 0 Å². The highest BCUT2D eigenvalue weighted by Crippen LogP contribution is 2.40. The number of hydrogen-bond acceptors (Lipinski definition) is 3. The van der Waals surface area contributed by atoms with Crippen LogP contribution in [0.25, 0.3) is 0 Å². The molecule has 0 bridgehead atoms. The van der Waals surface area contributed by atoms with Crippen molar-refractivity contribution < 1.29 is 26.0 Å². The molecule has 1 heterocycles. The molecule has 0 radical (unpaired) electrons. The van der Waals surface area contributed by atoms with E-state index >= 15 is 0 Å². The minimum atomic E-state index is -4.67. The first-order chi connectivity index (χ1) is 15.1. The number of nitrogens with zero attached hydrogens (tertiary/aromatic N) is 1. The van der Waals surface area contributed by atoms with Gasteiger partial charge in [0.25, 0.3) is 0 Å². The van der Waals surface area contributed by atoms with Crippen LogP contribution in [0.5, 0.6) is 0 Å². The van der Waals surface area contributed by atoms with Gasteiger partial charge in [0.05, 0.1) is 10.4 Å². The molecule has 0 amide bonds. The minimum Gasteiger partial charge on any atom is -0.455 e. The van der Waals surface area contributed by atoms with Gasteiger partial charge in [-0.3, -0.25) is 0 Å². The third kappa shape index (κ3) is 5.20. The summed E-state index contributed by atoms with van der Waals surface area (Å²) in [6.07, 6.45) is -4.67. The van der Waals surface area contributed by atoms with E-state index in [9.17, 15) is 21.6 Å². The van der Waals surface area contributed by atoms with Gasteiger partial charge in [-0.15, -0.1) is 0 Å². The maximum Gasteiger partial charge on any atom is 0.449 e. The molecule has 3 rings (SSSR count). The highest BCUT2D eigenvalue weighted by molar-refractivity contribution is 9.10. The highest BCUT2D eigenvalue weighted by Gasteiger charge is 2.44. The van der Waals surface area contributed by atoms with Crippen LogP contribution in [0.4, 0.5) is 13.2 Å². The Kier molecular flexibility index (Phi) is 6.90. The number of halogens is 4. The van der Waals surface area contributed by atoms with Crippen LogP contribution in [0.15, 0.2) is 62.3 Å². The zero-order valence-corrected chi connectivity index (χ0v) is 21.3. The normalized spacial score (nSPS) is 13.0. The Morgan fingerprint density at radius 1 is 0.909 bits per heavy atom. The van der Waals surface area contributed by atoms with Gasteiger partial charge in [0.1, 0.15) is 5.76 Å². The first-order valence-corrected chi connectivity index (χ1v) is 12.4. The summed E-state index contributed by atoms with van der Waals surface area (Å²) in [5.74, 6) is -1.27. The summed E-state index contributed by atoms with van der Waals surface area (Å²) in [4.78, 5) is 0.140. The van der Waals surface area contributed by atoms with Crippen LogP contribution < -0.4 is 0 Å². The first-order valence-electron chi connectivity index (χ1n) is 10.2. The molecule has 0 saturated carbocycles. The van der Waals surface area contributed by atoms with E-state index in [1.165, 1.54) is 10.4 Å². The second-order valence-corrected chi connectivity index (χ2v) is 11.3. The molecule has 0 unspecified atom stereocenters. The van der Waals surface area contributed by atoms with Crippen molar-refractivity contribution in [2.45, 2.75) is 57.8 Å². The molecule has 178 valence electrons. The van der Waals surface area contributed by atoms with Crippen molar-refractivity contribution >= 4 is 26.0 Å². The zero-order valence-electron chi connectivity index (χ0n) is 18.9. The second kappa shape index (κ2) is 8.92. The van der Waals surface area contributed by atoms with Crippen molar-refractivity contribution in [2.24, 2.45) is 0 Å². The van der Waals surface area contributed by atoms with Gasteiger partial charge in [0.2, 0.25) is 15.8 Å². The van der Waals surface area contributed by atoms with Crippen molar-refractivity contribution in [1.29, 1.82) is 0 Å². The van der Waals surface area contributed by atoms with Gasteiger partial charge in [-0.1, -0.05) is 45.8 Å². The number of alkyl halides is 3. The standard InChI is InChI=1S/C24H25BrF3NO3S/c1-15-12-16(2)22(17(3)13-15)33(30,31)29(14-18-6-8-19(25)9-7-18)23(4,5)20-10-11-21(32-20)24(26,27)28/h6-13H,14H2,1-5H3. The Hall–Kier alpha value is -2.10. The smallest absolute Gasteiger partial charge is 0.449 e. The minimum absolute atomic E-state index is 0.0581. The van der Waals surface area contributed by atoms with Crippen LogP contribution in [0, 0.1) is 20.8 Å². The van der Waals surface area contributed by atoms with Crippen molar-refractivity contribution in [2.75, 3.05) is 0 Å².